The van der Waals surface area contributed by atoms with Crippen molar-refractivity contribution in [3.8, 4) is 0 Å². The molecule has 0 aliphatic heterocycles. The summed E-state index contributed by atoms with van der Waals surface area (Å²) in [5.74, 6) is 0.868. The fourth-order valence-corrected chi connectivity index (χ4v) is 3.31. The van der Waals surface area contributed by atoms with Crippen LogP contribution in [0.5, 0.6) is 0 Å². The van der Waals surface area contributed by atoms with Gasteiger partial charge in [-0.15, -0.1) is 0 Å². The Labute approximate surface area is 113 Å². The molecule has 2 aliphatic carbocycles. The summed E-state index contributed by atoms with van der Waals surface area (Å²) in [5.41, 5.74) is 0.599. The van der Waals surface area contributed by atoms with Crippen molar-refractivity contribution in [2.75, 3.05) is 13.2 Å². The molecule has 2 rings (SSSR count). The van der Waals surface area contributed by atoms with Crippen LogP contribution >= 0.6 is 0 Å². The van der Waals surface area contributed by atoms with Crippen molar-refractivity contribution in [3.63, 3.8) is 0 Å². The molecule has 18 heavy (non-hydrogen) atoms. The summed E-state index contributed by atoms with van der Waals surface area (Å²) in [4.78, 5) is 0. The smallest absolute Gasteiger partial charge is 0.0806 e. The van der Waals surface area contributed by atoms with Crippen LogP contribution in [-0.2, 0) is 4.74 Å². The Morgan fingerprint density at radius 3 is 2.17 bits per heavy atom. The monoisotopic (exact) mass is 253 g/mol. The average molecular weight is 253 g/mol. The number of hydrogen-bond donors (Lipinski definition) is 1. The number of hydrogen-bond acceptors (Lipinski definition) is 2. The zero-order valence-electron chi connectivity index (χ0n) is 12.7. The molecule has 0 bridgehead atoms. The lowest BCUT2D eigenvalue weighted by molar-refractivity contribution is -0.0798. The molecule has 0 unspecified atom stereocenters. The summed E-state index contributed by atoms with van der Waals surface area (Å²) in [7, 11) is 0. The van der Waals surface area contributed by atoms with Gasteiger partial charge in [0.05, 0.1) is 5.60 Å². The van der Waals surface area contributed by atoms with E-state index in [9.17, 15) is 0 Å². The van der Waals surface area contributed by atoms with E-state index in [1.54, 1.807) is 0 Å². The molecule has 0 heterocycles. The van der Waals surface area contributed by atoms with Crippen molar-refractivity contribution in [2.45, 2.75) is 77.9 Å². The topological polar surface area (TPSA) is 21.3 Å². The van der Waals surface area contributed by atoms with Gasteiger partial charge in [0.2, 0.25) is 0 Å². The van der Waals surface area contributed by atoms with Gasteiger partial charge in [-0.3, -0.25) is 0 Å². The fraction of sp³-hybridized carbons (Fsp3) is 1.00. The van der Waals surface area contributed by atoms with Crippen LogP contribution in [0.3, 0.4) is 0 Å². The summed E-state index contributed by atoms with van der Waals surface area (Å²) < 4.78 is 6.15. The minimum Gasteiger partial charge on any atom is -0.374 e. The van der Waals surface area contributed by atoms with Crippen LogP contribution in [0.25, 0.3) is 0 Å². The molecule has 1 N–H and O–H groups in total. The molecule has 106 valence electrons. The molecule has 2 nitrogen and oxygen atoms in total. The maximum atomic E-state index is 6.15. The molecule has 0 spiro atoms. The molecular formula is C16H31NO. The van der Waals surface area contributed by atoms with Crippen LogP contribution in [0.1, 0.15) is 66.2 Å². The number of rotatable bonds is 5. The predicted molar refractivity (Wildman–Crippen MR) is 76.8 cm³/mol. The molecule has 0 aromatic rings. The molecule has 2 saturated carbocycles. The van der Waals surface area contributed by atoms with E-state index >= 15 is 0 Å². The molecule has 0 amide bonds. The van der Waals surface area contributed by atoms with E-state index in [0.29, 0.717) is 5.41 Å². The standard InChI is InChI=1S/C16H31NO/c1-5-18-16(12-17-14-6-7-14)10-8-13(9-11-16)15(2,3)4/h13-14,17H,5-12H2,1-4H3. The van der Waals surface area contributed by atoms with Crippen molar-refractivity contribution < 1.29 is 4.74 Å². The molecule has 2 heteroatoms. The summed E-state index contributed by atoms with van der Waals surface area (Å²) >= 11 is 0. The molecule has 0 radical (unpaired) electrons. The zero-order chi connectivity index (χ0) is 13.2. The Hall–Kier alpha value is -0.0800. The van der Waals surface area contributed by atoms with Gasteiger partial charge in [0.25, 0.3) is 0 Å². The van der Waals surface area contributed by atoms with E-state index in [-0.39, 0.29) is 5.60 Å². The third-order valence-electron chi connectivity index (χ3n) is 4.86. The van der Waals surface area contributed by atoms with E-state index in [1.807, 2.05) is 0 Å². The van der Waals surface area contributed by atoms with Gasteiger partial charge in [-0.05, 0) is 56.8 Å². The van der Waals surface area contributed by atoms with Crippen LogP contribution in [0.2, 0.25) is 0 Å². The highest BCUT2D eigenvalue weighted by Crippen LogP contribution is 2.42. The van der Waals surface area contributed by atoms with Gasteiger partial charge in [0.1, 0.15) is 0 Å². The predicted octanol–water partition coefficient (Wildman–Crippen LogP) is 3.75. The van der Waals surface area contributed by atoms with Gasteiger partial charge in [-0.25, -0.2) is 0 Å². The summed E-state index contributed by atoms with van der Waals surface area (Å²) in [5, 5.41) is 3.68. The number of ether oxygens (including phenoxy) is 1. The van der Waals surface area contributed by atoms with Crippen LogP contribution in [0, 0.1) is 11.3 Å². The van der Waals surface area contributed by atoms with Crippen molar-refractivity contribution in [2.24, 2.45) is 11.3 Å². The Kier molecular flexibility index (Phi) is 4.38. The fourth-order valence-electron chi connectivity index (χ4n) is 3.31. The van der Waals surface area contributed by atoms with Crippen LogP contribution in [-0.4, -0.2) is 24.8 Å². The SMILES string of the molecule is CCOC1(CNC2CC2)CCC(C(C)(C)C)CC1. The lowest BCUT2D eigenvalue weighted by Gasteiger charge is -2.44. The van der Waals surface area contributed by atoms with Gasteiger partial charge in [0.15, 0.2) is 0 Å². The number of nitrogens with one attached hydrogen (secondary N) is 1. The third kappa shape index (κ3) is 3.71. The van der Waals surface area contributed by atoms with Gasteiger partial charge in [-0.1, -0.05) is 20.8 Å². The second kappa shape index (κ2) is 5.50. The van der Waals surface area contributed by atoms with Crippen molar-refractivity contribution in [3.05, 3.63) is 0 Å². The summed E-state index contributed by atoms with van der Waals surface area (Å²) in [6.45, 7) is 11.2. The van der Waals surface area contributed by atoms with Crippen LogP contribution in [0.15, 0.2) is 0 Å². The molecule has 2 fully saturated rings. The first-order chi connectivity index (χ1) is 8.45. The molecule has 0 saturated heterocycles. The summed E-state index contributed by atoms with van der Waals surface area (Å²) in [6.07, 6.45) is 7.87. The largest absolute Gasteiger partial charge is 0.374 e. The molecule has 0 aromatic carbocycles. The third-order valence-corrected chi connectivity index (χ3v) is 4.86. The highest BCUT2D eigenvalue weighted by Gasteiger charge is 2.40. The second-order valence-electron chi connectivity index (χ2n) is 7.41. The molecule has 0 atom stereocenters. The van der Waals surface area contributed by atoms with Gasteiger partial charge in [-0.2, -0.15) is 0 Å². The zero-order valence-corrected chi connectivity index (χ0v) is 12.7. The Balaban J connectivity index is 1.87. The highest BCUT2D eigenvalue weighted by molar-refractivity contribution is 4.94. The molecular weight excluding hydrogens is 222 g/mol. The Morgan fingerprint density at radius 2 is 1.72 bits per heavy atom. The van der Waals surface area contributed by atoms with Crippen molar-refractivity contribution >= 4 is 0 Å². The van der Waals surface area contributed by atoms with Crippen molar-refractivity contribution in [1.82, 2.24) is 5.32 Å². The van der Waals surface area contributed by atoms with Gasteiger partial charge >= 0.3 is 0 Å². The first-order valence-electron chi connectivity index (χ1n) is 7.82. The average Bonchev–Trinajstić information content (AvgIpc) is 3.10. The lowest BCUT2D eigenvalue weighted by Crippen LogP contribution is -2.47. The van der Waals surface area contributed by atoms with E-state index in [1.165, 1.54) is 38.5 Å². The maximum Gasteiger partial charge on any atom is 0.0806 e. The Bertz CT molecular complexity index is 257. The highest BCUT2D eigenvalue weighted by atomic mass is 16.5. The first-order valence-corrected chi connectivity index (χ1v) is 7.82. The van der Waals surface area contributed by atoms with Gasteiger partial charge < -0.3 is 10.1 Å². The molecule has 2 aliphatic rings. The lowest BCUT2D eigenvalue weighted by atomic mass is 9.68. The normalized spacial score (nSPS) is 33.7. The second-order valence-corrected chi connectivity index (χ2v) is 7.41. The van der Waals surface area contributed by atoms with E-state index < -0.39 is 0 Å². The van der Waals surface area contributed by atoms with Crippen molar-refractivity contribution in [1.29, 1.82) is 0 Å². The minimum atomic E-state index is 0.138. The van der Waals surface area contributed by atoms with Crippen LogP contribution in [0.4, 0.5) is 0 Å². The summed E-state index contributed by atoms with van der Waals surface area (Å²) in [6, 6.07) is 0.794. The van der Waals surface area contributed by atoms with Gasteiger partial charge in [0, 0.05) is 19.2 Å². The first kappa shape index (κ1) is 14.3. The van der Waals surface area contributed by atoms with E-state index in [0.717, 1.165) is 25.1 Å². The van der Waals surface area contributed by atoms with Crippen LogP contribution < -0.4 is 5.32 Å². The van der Waals surface area contributed by atoms with E-state index in [4.69, 9.17) is 4.74 Å². The Morgan fingerprint density at radius 1 is 1.11 bits per heavy atom. The molecule has 0 aromatic heterocycles. The van der Waals surface area contributed by atoms with E-state index in [2.05, 4.69) is 33.0 Å². The maximum absolute atomic E-state index is 6.15. The minimum absolute atomic E-state index is 0.138. The quantitative estimate of drug-likeness (QED) is 0.805.